The van der Waals surface area contributed by atoms with Gasteiger partial charge in [-0.05, 0) is 31.4 Å². The predicted molar refractivity (Wildman–Crippen MR) is 83.3 cm³/mol. The van der Waals surface area contributed by atoms with Gasteiger partial charge in [0.05, 0.1) is 0 Å². The lowest BCUT2D eigenvalue weighted by Crippen LogP contribution is -2.40. The van der Waals surface area contributed by atoms with Crippen molar-refractivity contribution in [2.45, 2.75) is 45.1 Å². The second-order valence-corrected chi connectivity index (χ2v) is 5.52. The Labute approximate surface area is 126 Å². The average Bonchev–Trinajstić information content (AvgIpc) is 3.05. The number of hydrogen-bond acceptors (Lipinski definition) is 5. The van der Waals surface area contributed by atoms with E-state index in [1.807, 2.05) is 6.07 Å². The van der Waals surface area contributed by atoms with Crippen molar-refractivity contribution in [3.8, 4) is 0 Å². The van der Waals surface area contributed by atoms with Crippen LogP contribution in [-0.2, 0) is 0 Å². The summed E-state index contributed by atoms with van der Waals surface area (Å²) in [4.78, 5) is 14.3. The molecule has 6 heteroatoms. The van der Waals surface area contributed by atoms with Crippen molar-refractivity contribution < 1.29 is 4.79 Å². The largest absolute Gasteiger partial charge is 0.355 e. The van der Waals surface area contributed by atoms with Gasteiger partial charge in [-0.3, -0.25) is 4.79 Å². The van der Waals surface area contributed by atoms with Gasteiger partial charge in [-0.15, -0.1) is 10.2 Å². The summed E-state index contributed by atoms with van der Waals surface area (Å²) in [5.41, 5.74) is 6.04. The highest BCUT2D eigenvalue weighted by Gasteiger charge is 2.16. The zero-order valence-electron chi connectivity index (χ0n) is 12.7. The number of carbonyl (C=O) groups excluding carboxylic acids is 1. The number of unbranched alkanes of at least 4 members (excludes halogenated alkanes) is 1. The monoisotopic (exact) mass is 291 g/mol. The molecule has 116 valence electrons. The minimum Gasteiger partial charge on any atom is -0.355 e. The molecule has 0 spiro atoms. The molecule has 0 aliphatic carbocycles. The summed E-state index contributed by atoms with van der Waals surface area (Å²) in [6.07, 6.45) is 5.44. The van der Waals surface area contributed by atoms with Gasteiger partial charge in [-0.2, -0.15) is 0 Å². The number of rotatable bonds is 7. The molecule has 1 aromatic heterocycles. The second-order valence-electron chi connectivity index (χ2n) is 5.52. The first-order chi connectivity index (χ1) is 10.2. The van der Waals surface area contributed by atoms with E-state index in [1.54, 1.807) is 6.07 Å². The van der Waals surface area contributed by atoms with Crippen LogP contribution in [-0.4, -0.2) is 41.8 Å². The van der Waals surface area contributed by atoms with Crippen LogP contribution in [0.15, 0.2) is 12.1 Å². The maximum atomic E-state index is 12.1. The Morgan fingerprint density at radius 3 is 2.71 bits per heavy atom. The molecule has 1 saturated heterocycles. The molecule has 0 bridgehead atoms. The van der Waals surface area contributed by atoms with Gasteiger partial charge in [0, 0.05) is 25.7 Å². The van der Waals surface area contributed by atoms with Gasteiger partial charge in [0.1, 0.15) is 0 Å². The molecule has 2 rings (SSSR count). The Balaban J connectivity index is 1.92. The van der Waals surface area contributed by atoms with Crippen LogP contribution in [0.3, 0.4) is 0 Å². The van der Waals surface area contributed by atoms with Crippen LogP contribution in [0.25, 0.3) is 0 Å². The highest BCUT2D eigenvalue weighted by molar-refractivity contribution is 5.92. The van der Waals surface area contributed by atoms with Crippen molar-refractivity contribution >= 4 is 11.7 Å². The lowest BCUT2D eigenvalue weighted by atomic mass is 10.1. The van der Waals surface area contributed by atoms with E-state index in [2.05, 4.69) is 27.3 Å². The summed E-state index contributed by atoms with van der Waals surface area (Å²) in [6, 6.07) is 3.62. The Bertz CT molecular complexity index is 442. The van der Waals surface area contributed by atoms with Crippen molar-refractivity contribution in [2.75, 3.05) is 24.5 Å². The zero-order chi connectivity index (χ0) is 15.1. The molecule has 0 saturated carbocycles. The topological polar surface area (TPSA) is 84.1 Å². The molecular formula is C15H25N5O. The van der Waals surface area contributed by atoms with Crippen molar-refractivity contribution in [3.63, 3.8) is 0 Å². The molecule has 2 heterocycles. The molecule has 1 aliphatic rings. The number of hydrogen-bond donors (Lipinski definition) is 2. The Hall–Kier alpha value is -1.69. The first-order valence-electron chi connectivity index (χ1n) is 7.84. The van der Waals surface area contributed by atoms with Gasteiger partial charge in [-0.25, -0.2) is 0 Å². The summed E-state index contributed by atoms with van der Waals surface area (Å²) in [7, 11) is 0. The van der Waals surface area contributed by atoms with Crippen LogP contribution < -0.4 is 16.0 Å². The maximum Gasteiger partial charge on any atom is 0.272 e. The minimum absolute atomic E-state index is 0.0116. The van der Waals surface area contributed by atoms with E-state index in [0.29, 0.717) is 12.2 Å². The third-order valence-corrected chi connectivity index (χ3v) is 3.84. The molecule has 0 radical (unpaired) electrons. The van der Waals surface area contributed by atoms with Crippen LogP contribution in [0.5, 0.6) is 0 Å². The molecule has 1 atom stereocenters. The summed E-state index contributed by atoms with van der Waals surface area (Å²) < 4.78 is 0. The van der Waals surface area contributed by atoms with E-state index in [4.69, 9.17) is 5.73 Å². The van der Waals surface area contributed by atoms with Crippen molar-refractivity contribution in [3.05, 3.63) is 17.8 Å². The summed E-state index contributed by atoms with van der Waals surface area (Å²) in [6.45, 7) is 4.61. The van der Waals surface area contributed by atoms with Crippen molar-refractivity contribution in [1.29, 1.82) is 0 Å². The first kappa shape index (κ1) is 15.7. The lowest BCUT2D eigenvalue weighted by Gasteiger charge is -2.17. The molecule has 1 aliphatic heterocycles. The first-order valence-corrected chi connectivity index (χ1v) is 7.84. The number of nitrogens with zero attached hydrogens (tertiary/aromatic N) is 3. The van der Waals surface area contributed by atoms with Crippen LogP contribution in [0.1, 0.15) is 49.5 Å². The van der Waals surface area contributed by atoms with Crippen LogP contribution >= 0.6 is 0 Å². The smallest absolute Gasteiger partial charge is 0.272 e. The van der Waals surface area contributed by atoms with E-state index in [-0.39, 0.29) is 11.9 Å². The quantitative estimate of drug-likeness (QED) is 0.791. The van der Waals surface area contributed by atoms with Crippen molar-refractivity contribution in [1.82, 2.24) is 15.5 Å². The average molecular weight is 291 g/mol. The predicted octanol–water partition coefficient (Wildman–Crippen LogP) is 1.32. The van der Waals surface area contributed by atoms with Crippen LogP contribution in [0, 0.1) is 0 Å². The van der Waals surface area contributed by atoms with Gasteiger partial charge in [0.25, 0.3) is 5.91 Å². The molecule has 6 nitrogen and oxygen atoms in total. The highest BCUT2D eigenvalue weighted by atomic mass is 16.2. The molecule has 0 aromatic carbocycles. The van der Waals surface area contributed by atoms with Gasteiger partial charge in [-0.1, -0.05) is 19.8 Å². The van der Waals surface area contributed by atoms with Gasteiger partial charge in [0.2, 0.25) is 0 Å². The molecule has 1 aromatic rings. The second kappa shape index (κ2) is 7.93. The molecule has 1 unspecified atom stereocenters. The number of amides is 1. The number of anilines is 1. The molecular weight excluding hydrogens is 266 g/mol. The van der Waals surface area contributed by atoms with Crippen molar-refractivity contribution in [2.24, 2.45) is 5.73 Å². The summed E-state index contributed by atoms with van der Waals surface area (Å²) in [5.74, 6) is 0.660. The Kier molecular flexibility index (Phi) is 5.92. The number of nitrogens with one attached hydrogen (secondary N) is 1. The van der Waals surface area contributed by atoms with E-state index in [1.165, 1.54) is 12.8 Å². The SMILES string of the molecule is CCCCC(CN)NC(=O)c1ccc(N2CCCC2)nn1. The molecule has 21 heavy (non-hydrogen) atoms. The van der Waals surface area contributed by atoms with Crippen LogP contribution in [0.2, 0.25) is 0 Å². The molecule has 1 fully saturated rings. The standard InChI is InChI=1S/C15H25N5O/c1-2-3-6-12(11-16)17-15(21)13-7-8-14(19-18-13)20-9-4-5-10-20/h7-8,12H,2-6,9-11,16H2,1H3,(H,17,21). The van der Waals surface area contributed by atoms with Gasteiger partial charge in [0.15, 0.2) is 11.5 Å². The normalized spacial score (nSPS) is 16.0. The fourth-order valence-corrected chi connectivity index (χ4v) is 2.52. The number of aromatic nitrogens is 2. The zero-order valence-corrected chi connectivity index (χ0v) is 12.7. The molecule has 3 N–H and O–H groups in total. The van der Waals surface area contributed by atoms with Gasteiger partial charge < -0.3 is 16.0 Å². The third-order valence-electron chi connectivity index (χ3n) is 3.84. The van der Waals surface area contributed by atoms with Gasteiger partial charge >= 0.3 is 0 Å². The van der Waals surface area contributed by atoms with E-state index >= 15 is 0 Å². The summed E-state index contributed by atoms with van der Waals surface area (Å²) in [5, 5.41) is 11.1. The van der Waals surface area contributed by atoms with E-state index in [0.717, 1.165) is 38.2 Å². The lowest BCUT2D eigenvalue weighted by molar-refractivity contribution is 0.0929. The third kappa shape index (κ3) is 4.39. The number of nitrogens with two attached hydrogens (primary N) is 1. The Morgan fingerprint density at radius 2 is 2.14 bits per heavy atom. The van der Waals surface area contributed by atoms with Crippen LogP contribution in [0.4, 0.5) is 5.82 Å². The maximum absolute atomic E-state index is 12.1. The highest BCUT2D eigenvalue weighted by Crippen LogP contribution is 2.16. The fraction of sp³-hybridized carbons (Fsp3) is 0.667. The van der Waals surface area contributed by atoms with E-state index in [9.17, 15) is 4.79 Å². The fourth-order valence-electron chi connectivity index (χ4n) is 2.52. The Morgan fingerprint density at radius 1 is 1.38 bits per heavy atom. The summed E-state index contributed by atoms with van der Waals surface area (Å²) >= 11 is 0. The molecule has 1 amide bonds. The minimum atomic E-state index is -0.193. The van der Waals surface area contributed by atoms with E-state index < -0.39 is 0 Å². The number of carbonyl (C=O) groups is 1.